The Bertz CT molecular complexity index is 1940. The highest BCUT2D eigenvalue weighted by molar-refractivity contribution is 7.22. The van der Waals surface area contributed by atoms with E-state index < -0.39 is 0 Å². The van der Waals surface area contributed by atoms with Crippen molar-refractivity contribution < 1.29 is 10.2 Å². The van der Waals surface area contributed by atoms with Gasteiger partial charge in [-0.1, -0.05) is 48.5 Å². The van der Waals surface area contributed by atoms with Crippen molar-refractivity contribution in [3.63, 3.8) is 0 Å². The predicted molar refractivity (Wildman–Crippen MR) is 169 cm³/mol. The zero-order valence-electron chi connectivity index (χ0n) is 21.9. The third kappa shape index (κ3) is 4.78. The van der Waals surface area contributed by atoms with Crippen molar-refractivity contribution in [1.29, 1.82) is 0 Å². The number of thiazole rings is 2. The molecule has 0 unspecified atom stereocenters. The van der Waals surface area contributed by atoms with Crippen molar-refractivity contribution in [2.45, 2.75) is 0 Å². The average Bonchev–Trinajstić information content (AvgIpc) is 3.82. The Morgan fingerprint density at radius 1 is 0.476 bits per heavy atom. The molecule has 0 bridgehead atoms. The van der Waals surface area contributed by atoms with Gasteiger partial charge in [0.25, 0.3) is 0 Å². The molecule has 0 saturated heterocycles. The minimum absolute atomic E-state index is 0.226. The monoisotopic (exact) mass is 586 g/mol. The van der Waals surface area contributed by atoms with Gasteiger partial charge in [0, 0.05) is 11.1 Å². The molecule has 0 fully saturated rings. The first kappa shape index (κ1) is 25.6. The Balaban J connectivity index is 0.000000137. The molecule has 0 spiro atoms. The zero-order chi connectivity index (χ0) is 28.5. The van der Waals surface area contributed by atoms with Gasteiger partial charge in [-0.2, -0.15) is 10.2 Å². The molecule has 8 nitrogen and oxygen atoms in total. The average molecular weight is 587 g/mol. The van der Waals surface area contributed by atoms with E-state index in [1.54, 1.807) is 59.3 Å². The summed E-state index contributed by atoms with van der Waals surface area (Å²) in [5.41, 5.74) is 6.77. The Morgan fingerprint density at radius 3 is 1.31 bits per heavy atom. The van der Waals surface area contributed by atoms with Gasteiger partial charge in [0.1, 0.15) is 21.5 Å². The fourth-order valence-corrected chi connectivity index (χ4v) is 6.62. The zero-order valence-corrected chi connectivity index (χ0v) is 23.5. The second-order valence-corrected chi connectivity index (χ2v) is 11.4. The molecule has 0 radical (unpaired) electrons. The van der Waals surface area contributed by atoms with E-state index in [1.165, 1.54) is 0 Å². The molecule has 4 aromatic carbocycles. The van der Waals surface area contributed by atoms with E-state index in [-0.39, 0.29) is 11.5 Å². The van der Waals surface area contributed by atoms with Gasteiger partial charge in [0.05, 0.1) is 55.3 Å². The second-order valence-electron chi connectivity index (χ2n) is 9.33. The third-order valence-electron chi connectivity index (χ3n) is 6.67. The van der Waals surface area contributed by atoms with Crippen LogP contribution in [0.5, 0.6) is 11.5 Å². The number of aromatic hydroxyl groups is 2. The lowest BCUT2D eigenvalue weighted by atomic mass is 10.1. The molecule has 204 valence electrons. The summed E-state index contributed by atoms with van der Waals surface area (Å²) in [5.74, 6) is 0.452. The number of hydrogen-bond acceptors (Lipinski definition) is 8. The first-order valence-electron chi connectivity index (χ1n) is 13.0. The SMILES string of the molecule is Oc1ccccc1-c1[nH]ncc1-c1nc2ccccc2s1.Oc1ccccc1-c1[nH]ncc1-c1nc2ccccc2s1. The van der Waals surface area contributed by atoms with Crippen molar-refractivity contribution in [2.24, 2.45) is 0 Å². The topological polar surface area (TPSA) is 124 Å². The van der Waals surface area contributed by atoms with E-state index in [0.29, 0.717) is 0 Å². The first-order valence-corrected chi connectivity index (χ1v) is 14.6. The van der Waals surface area contributed by atoms with Gasteiger partial charge in [-0.05, 0) is 48.5 Å². The van der Waals surface area contributed by atoms with Crippen LogP contribution in [0.15, 0.2) is 109 Å². The van der Waals surface area contributed by atoms with Crippen LogP contribution in [-0.2, 0) is 0 Å². The van der Waals surface area contributed by atoms with Crippen molar-refractivity contribution in [1.82, 2.24) is 30.4 Å². The number of nitrogens with one attached hydrogen (secondary N) is 2. The molecule has 4 N–H and O–H groups in total. The third-order valence-corrected chi connectivity index (χ3v) is 8.81. The lowest BCUT2D eigenvalue weighted by molar-refractivity contribution is 0.476. The van der Waals surface area contributed by atoms with Crippen LogP contribution in [0, 0.1) is 0 Å². The molecule has 8 rings (SSSR count). The van der Waals surface area contributed by atoms with E-state index in [2.05, 4.69) is 42.5 Å². The Labute approximate surface area is 247 Å². The fraction of sp³-hybridized carbons (Fsp3) is 0. The Morgan fingerprint density at radius 2 is 0.881 bits per heavy atom. The molecule has 0 saturated carbocycles. The molecule has 0 amide bonds. The van der Waals surface area contributed by atoms with Crippen LogP contribution < -0.4 is 0 Å². The standard InChI is InChI=1S/2C16H11N3OS/c2*20-13-7-3-1-5-10(13)15-11(9-17-19-15)16-18-12-6-2-4-8-14(12)21-16/h2*1-9,20H,(H,17,19). The van der Waals surface area contributed by atoms with Crippen LogP contribution in [0.4, 0.5) is 0 Å². The number of nitrogens with zero attached hydrogens (tertiary/aromatic N) is 4. The molecule has 42 heavy (non-hydrogen) atoms. The van der Waals surface area contributed by atoms with Gasteiger partial charge >= 0.3 is 0 Å². The Kier molecular flexibility index (Phi) is 6.67. The molecule has 8 aromatic rings. The van der Waals surface area contributed by atoms with Gasteiger partial charge in [-0.15, -0.1) is 22.7 Å². The van der Waals surface area contributed by atoms with E-state index in [1.807, 2.05) is 60.7 Å². The number of rotatable bonds is 4. The summed E-state index contributed by atoms with van der Waals surface area (Å²) in [4.78, 5) is 9.30. The molecule has 0 aliphatic heterocycles. The normalized spacial score (nSPS) is 11.0. The highest BCUT2D eigenvalue weighted by Gasteiger charge is 2.17. The number of phenols is 2. The molecule has 4 aromatic heterocycles. The highest BCUT2D eigenvalue weighted by Crippen LogP contribution is 2.39. The molecule has 0 aliphatic carbocycles. The van der Waals surface area contributed by atoms with Crippen molar-refractivity contribution in [3.05, 3.63) is 109 Å². The number of phenolic OH excluding ortho intramolecular Hbond substituents is 2. The largest absolute Gasteiger partial charge is 0.507 e. The maximum absolute atomic E-state index is 10.0. The van der Waals surface area contributed by atoms with Gasteiger partial charge in [-0.3, -0.25) is 10.2 Å². The van der Waals surface area contributed by atoms with Gasteiger partial charge in [0.2, 0.25) is 0 Å². The minimum atomic E-state index is 0.226. The first-order chi connectivity index (χ1) is 20.7. The summed E-state index contributed by atoms with van der Waals surface area (Å²) in [5, 5.41) is 36.0. The summed E-state index contributed by atoms with van der Waals surface area (Å²) in [6, 6.07) is 30.5. The summed E-state index contributed by atoms with van der Waals surface area (Å²) in [6.07, 6.45) is 3.50. The van der Waals surface area contributed by atoms with Crippen LogP contribution in [0.2, 0.25) is 0 Å². The van der Waals surface area contributed by atoms with Crippen LogP contribution in [0.1, 0.15) is 0 Å². The number of hydrogen-bond donors (Lipinski definition) is 4. The lowest BCUT2D eigenvalue weighted by Crippen LogP contribution is -1.83. The van der Waals surface area contributed by atoms with E-state index in [0.717, 1.165) is 64.1 Å². The van der Waals surface area contributed by atoms with Crippen molar-refractivity contribution in [2.75, 3.05) is 0 Å². The van der Waals surface area contributed by atoms with Crippen LogP contribution >= 0.6 is 22.7 Å². The molecule has 4 heterocycles. The summed E-state index contributed by atoms with van der Waals surface area (Å²) < 4.78 is 2.27. The van der Waals surface area contributed by atoms with Gasteiger partial charge in [0.15, 0.2) is 0 Å². The van der Waals surface area contributed by atoms with E-state index >= 15 is 0 Å². The lowest BCUT2D eigenvalue weighted by Gasteiger charge is -2.03. The molecule has 0 atom stereocenters. The second kappa shape index (κ2) is 10.9. The van der Waals surface area contributed by atoms with Crippen molar-refractivity contribution >= 4 is 43.1 Å². The Hall–Kier alpha value is -5.32. The van der Waals surface area contributed by atoms with Gasteiger partial charge < -0.3 is 10.2 Å². The maximum atomic E-state index is 10.0. The number of aromatic nitrogens is 6. The molecular formula is C32H22N6O2S2. The predicted octanol–water partition coefficient (Wildman–Crippen LogP) is 8.12. The summed E-state index contributed by atoms with van der Waals surface area (Å²) in [6.45, 7) is 0. The quantitative estimate of drug-likeness (QED) is 0.165. The molecule has 0 aliphatic rings. The summed E-state index contributed by atoms with van der Waals surface area (Å²) in [7, 11) is 0. The smallest absolute Gasteiger partial charge is 0.128 e. The van der Waals surface area contributed by atoms with Gasteiger partial charge in [-0.25, -0.2) is 9.97 Å². The maximum Gasteiger partial charge on any atom is 0.128 e. The van der Waals surface area contributed by atoms with Crippen LogP contribution in [-0.4, -0.2) is 40.6 Å². The molecular weight excluding hydrogens is 565 g/mol. The number of H-pyrrole nitrogens is 2. The minimum Gasteiger partial charge on any atom is -0.507 e. The number of aromatic amines is 2. The molecule has 10 heteroatoms. The number of fused-ring (bicyclic) bond motifs is 2. The van der Waals surface area contributed by atoms with Crippen LogP contribution in [0.3, 0.4) is 0 Å². The fourth-order valence-electron chi connectivity index (χ4n) is 4.65. The van der Waals surface area contributed by atoms with E-state index in [9.17, 15) is 10.2 Å². The summed E-state index contributed by atoms with van der Waals surface area (Å²) >= 11 is 3.23. The number of benzene rings is 4. The number of para-hydroxylation sites is 4. The highest BCUT2D eigenvalue weighted by atomic mass is 32.1. The van der Waals surface area contributed by atoms with Crippen LogP contribution in [0.25, 0.3) is 64.1 Å². The van der Waals surface area contributed by atoms with E-state index in [4.69, 9.17) is 0 Å². The van der Waals surface area contributed by atoms with Crippen molar-refractivity contribution in [3.8, 4) is 55.2 Å².